The third-order valence-electron chi connectivity index (χ3n) is 5.88. The van der Waals surface area contributed by atoms with Crippen molar-refractivity contribution in [1.29, 1.82) is 0 Å². The van der Waals surface area contributed by atoms with Gasteiger partial charge in [-0.3, -0.25) is 14.5 Å². The molecule has 0 spiro atoms. The second-order valence-corrected chi connectivity index (χ2v) is 7.79. The molecule has 3 heterocycles. The molecule has 6 heteroatoms. The van der Waals surface area contributed by atoms with Crippen molar-refractivity contribution in [2.24, 2.45) is 0 Å². The van der Waals surface area contributed by atoms with Gasteiger partial charge in [-0.15, -0.1) is 0 Å². The molecule has 2 saturated heterocycles. The van der Waals surface area contributed by atoms with Crippen LogP contribution in [0.3, 0.4) is 0 Å². The standard InChI is InChI=1S/C23H23N3O3/c27-21-13-19(23(28)25(21)15-16-6-2-1-3-7-16)17-9-10-20-18(12-17)14-24-26(20)22-8-4-5-11-29-22/h1-3,6-7,9-10,12,14,19,22H,4-5,8,11,13,15H2/t19-,22-/m0/s1. The average Bonchev–Trinajstić information content (AvgIpc) is 3.31. The number of likely N-dealkylation sites (tertiary alicyclic amines) is 1. The maximum absolute atomic E-state index is 13.0. The van der Waals surface area contributed by atoms with E-state index in [1.165, 1.54) is 4.90 Å². The molecule has 2 aliphatic rings. The number of nitrogens with zero attached hydrogens (tertiary/aromatic N) is 3. The Labute approximate surface area is 169 Å². The molecule has 6 nitrogen and oxygen atoms in total. The number of benzene rings is 2. The minimum atomic E-state index is -0.426. The number of carbonyl (C=O) groups excluding carboxylic acids is 2. The Balaban J connectivity index is 1.39. The molecular weight excluding hydrogens is 366 g/mol. The fourth-order valence-corrected chi connectivity index (χ4v) is 4.31. The number of rotatable bonds is 4. The molecule has 148 valence electrons. The first-order valence-electron chi connectivity index (χ1n) is 10.2. The van der Waals surface area contributed by atoms with Gasteiger partial charge in [-0.25, -0.2) is 4.68 Å². The van der Waals surface area contributed by atoms with Gasteiger partial charge in [0.15, 0.2) is 6.23 Å². The Hall–Kier alpha value is -2.99. The van der Waals surface area contributed by atoms with Crippen LogP contribution >= 0.6 is 0 Å². The summed E-state index contributed by atoms with van der Waals surface area (Å²) < 4.78 is 7.79. The van der Waals surface area contributed by atoms with Gasteiger partial charge in [0, 0.05) is 18.4 Å². The van der Waals surface area contributed by atoms with E-state index >= 15 is 0 Å². The first-order chi connectivity index (χ1) is 14.2. The van der Waals surface area contributed by atoms with Gasteiger partial charge in [0.25, 0.3) is 0 Å². The van der Waals surface area contributed by atoms with Crippen LogP contribution in [-0.2, 0) is 20.9 Å². The van der Waals surface area contributed by atoms with Gasteiger partial charge >= 0.3 is 0 Å². The highest BCUT2D eigenvalue weighted by molar-refractivity contribution is 6.06. The van der Waals surface area contributed by atoms with Crippen LogP contribution in [0.5, 0.6) is 0 Å². The first kappa shape index (κ1) is 18.1. The Bertz CT molecular complexity index is 1050. The lowest BCUT2D eigenvalue weighted by Crippen LogP contribution is -2.29. The summed E-state index contributed by atoms with van der Waals surface area (Å²) in [4.78, 5) is 26.9. The summed E-state index contributed by atoms with van der Waals surface area (Å²) in [7, 11) is 0. The zero-order chi connectivity index (χ0) is 19.8. The Morgan fingerprint density at radius 3 is 2.72 bits per heavy atom. The topological polar surface area (TPSA) is 64.4 Å². The van der Waals surface area contributed by atoms with Crippen molar-refractivity contribution >= 4 is 22.7 Å². The van der Waals surface area contributed by atoms with Crippen LogP contribution in [0.15, 0.2) is 54.7 Å². The molecule has 29 heavy (non-hydrogen) atoms. The maximum Gasteiger partial charge on any atom is 0.237 e. The minimum Gasteiger partial charge on any atom is -0.356 e. The number of carbonyl (C=O) groups is 2. The van der Waals surface area contributed by atoms with Crippen molar-refractivity contribution in [1.82, 2.24) is 14.7 Å². The second-order valence-electron chi connectivity index (χ2n) is 7.79. The third-order valence-corrected chi connectivity index (χ3v) is 5.88. The Morgan fingerprint density at radius 2 is 1.93 bits per heavy atom. The monoisotopic (exact) mass is 389 g/mol. The summed E-state index contributed by atoms with van der Waals surface area (Å²) in [5.41, 5.74) is 2.83. The molecule has 2 fully saturated rings. The maximum atomic E-state index is 13.0. The fourth-order valence-electron chi connectivity index (χ4n) is 4.31. The highest BCUT2D eigenvalue weighted by Gasteiger charge is 2.39. The van der Waals surface area contributed by atoms with E-state index in [9.17, 15) is 9.59 Å². The molecule has 2 atom stereocenters. The number of hydrogen-bond donors (Lipinski definition) is 0. The zero-order valence-corrected chi connectivity index (χ0v) is 16.2. The molecule has 0 aliphatic carbocycles. The van der Waals surface area contributed by atoms with Crippen LogP contribution in [0.4, 0.5) is 0 Å². The molecule has 0 unspecified atom stereocenters. The largest absolute Gasteiger partial charge is 0.356 e. The highest BCUT2D eigenvalue weighted by atomic mass is 16.5. The van der Waals surface area contributed by atoms with E-state index in [4.69, 9.17) is 4.74 Å². The van der Waals surface area contributed by atoms with Gasteiger partial charge in [0.2, 0.25) is 11.8 Å². The number of imide groups is 1. The molecule has 3 aromatic rings. The quantitative estimate of drug-likeness (QED) is 0.637. The van der Waals surface area contributed by atoms with Gasteiger partial charge in [-0.1, -0.05) is 36.4 Å². The number of amides is 2. The van der Waals surface area contributed by atoms with Crippen molar-refractivity contribution in [3.05, 3.63) is 65.9 Å². The first-order valence-corrected chi connectivity index (χ1v) is 10.2. The second kappa shape index (κ2) is 7.44. The molecule has 2 amide bonds. The van der Waals surface area contributed by atoms with Crippen LogP contribution in [0.2, 0.25) is 0 Å². The van der Waals surface area contributed by atoms with Crippen LogP contribution in [0.1, 0.15) is 49.0 Å². The van der Waals surface area contributed by atoms with Crippen molar-refractivity contribution in [3.8, 4) is 0 Å². The van der Waals surface area contributed by atoms with Crippen molar-refractivity contribution < 1.29 is 14.3 Å². The van der Waals surface area contributed by atoms with Gasteiger partial charge < -0.3 is 4.74 Å². The summed E-state index contributed by atoms with van der Waals surface area (Å²) in [6, 6.07) is 15.6. The van der Waals surface area contributed by atoms with E-state index in [0.717, 1.165) is 47.9 Å². The van der Waals surface area contributed by atoms with E-state index in [2.05, 4.69) is 5.10 Å². The van der Waals surface area contributed by atoms with E-state index in [0.29, 0.717) is 6.54 Å². The van der Waals surface area contributed by atoms with Gasteiger partial charge in [-0.2, -0.15) is 5.10 Å². The van der Waals surface area contributed by atoms with E-state index in [-0.39, 0.29) is 24.5 Å². The normalized spacial score (nSPS) is 22.6. The van der Waals surface area contributed by atoms with E-state index in [1.54, 1.807) is 0 Å². The van der Waals surface area contributed by atoms with Crippen LogP contribution in [0.25, 0.3) is 10.9 Å². The summed E-state index contributed by atoms with van der Waals surface area (Å²) >= 11 is 0. The highest BCUT2D eigenvalue weighted by Crippen LogP contribution is 2.33. The fraction of sp³-hybridized carbons (Fsp3) is 0.348. The molecule has 2 aromatic carbocycles. The van der Waals surface area contributed by atoms with Crippen LogP contribution in [0, 0.1) is 0 Å². The van der Waals surface area contributed by atoms with Gasteiger partial charge in [0.1, 0.15) is 0 Å². The Kier molecular flexibility index (Phi) is 4.64. The van der Waals surface area contributed by atoms with Crippen LogP contribution < -0.4 is 0 Å². The predicted molar refractivity (Wildman–Crippen MR) is 108 cm³/mol. The van der Waals surface area contributed by atoms with E-state index < -0.39 is 5.92 Å². The Morgan fingerprint density at radius 1 is 1.07 bits per heavy atom. The molecule has 0 radical (unpaired) electrons. The molecule has 1 aromatic heterocycles. The molecule has 0 bridgehead atoms. The number of aromatic nitrogens is 2. The molecule has 5 rings (SSSR count). The lowest BCUT2D eigenvalue weighted by atomic mass is 9.96. The lowest BCUT2D eigenvalue weighted by Gasteiger charge is -2.23. The van der Waals surface area contributed by atoms with E-state index in [1.807, 2.05) is 59.4 Å². The molecular formula is C23H23N3O3. The van der Waals surface area contributed by atoms with Crippen molar-refractivity contribution in [2.45, 2.75) is 44.4 Å². The SMILES string of the molecule is O=C1C[C@@H](c2ccc3c(cnn3[C@@H]3CCCCO3)c2)C(=O)N1Cc1ccccc1. The summed E-state index contributed by atoms with van der Waals surface area (Å²) in [6.45, 7) is 1.09. The van der Waals surface area contributed by atoms with Crippen molar-refractivity contribution in [3.63, 3.8) is 0 Å². The van der Waals surface area contributed by atoms with Crippen LogP contribution in [-0.4, -0.2) is 33.1 Å². The smallest absolute Gasteiger partial charge is 0.237 e. The van der Waals surface area contributed by atoms with Gasteiger partial charge in [0.05, 0.1) is 24.2 Å². The van der Waals surface area contributed by atoms with Gasteiger partial charge in [-0.05, 0) is 42.5 Å². The van der Waals surface area contributed by atoms with Crippen molar-refractivity contribution in [2.75, 3.05) is 6.61 Å². The molecule has 0 saturated carbocycles. The summed E-state index contributed by atoms with van der Waals surface area (Å²) in [5.74, 6) is -0.665. The molecule has 2 aliphatic heterocycles. The minimum absolute atomic E-state index is 0.0249. The summed E-state index contributed by atoms with van der Waals surface area (Å²) in [6.07, 6.45) is 5.21. The molecule has 0 N–H and O–H groups in total. The number of ether oxygens (including phenoxy) is 1. The number of hydrogen-bond acceptors (Lipinski definition) is 4. The summed E-state index contributed by atoms with van der Waals surface area (Å²) in [5, 5.41) is 5.49. The third kappa shape index (κ3) is 3.34. The zero-order valence-electron chi connectivity index (χ0n) is 16.2. The average molecular weight is 389 g/mol. The lowest BCUT2D eigenvalue weighted by molar-refractivity contribution is -0.139. The number of fused-ring (bicyclic) bond motifs is 1. The predicted octanol–water partition coefficient (Wildman–Crippen LogP) is 3.78.